The summed E-state index contributed by atoms with van der Waals surface area (Å²) in [5.41, 5.74) is 4.16. The van der Waals surface area contributed by atoms with Gasteiger partial charge in [-0.1, -0.05) is 12.1 Å². The summed E-state index contributed by atoms with van der Waals surface area (Å²) in [6.45, 7) is 3.13. The van der Waals surface area contributed by atoms with Crippen molar-refractivity contribution in [3.05, 3.63) is 41.9 Å². The fraction of sp³-hybridized carbons (Fsp3) is 0.294. The molecule has 7 heteroatoms. The van der Waals surface area contributed by atoms with Crippen LogP contribution in [0.5, 0.6) is 0 Å². The summed E-state index contributed by atoms with van der Waals surface area (Å²) in [5, 5.41) is 8.17. The van der Waals surface area contributed by atoms with Crippen molar-refractivity contribution in [1.82, 2.24) is 19.7 Å². The zero-order valence-electron chi connectivity index (χ0n) is 13.7. The Labute approximate surface area is 139 Å². The Morgan fingerprint density at radius 3 is 3.00 bits per heavy atom. The molecular weight excluding hydrogens is 304 g/mol. The fourth-order valence-corrected chi connectivity index (χ4v) is 3.30. The average molecular weight is 322 g/mol. The van der Waals surface area contributed by atoms with Crippen LogP contribution in [0.3, 0.4) is 0 Å². The second-order valence-corrected chi connectivity index (χ2v) is 6.00. The normalized spacial score (nSPS) is 13.8. The van der Waals surface area contributed by atoms with E-state index in [-0.39, 0.29) is 5.91 Å². The first-order valence-corrected chi connectivity index (χ1v) is 7.89. The molecule has 0 radical (unpaired) electrons. The number of fused-ring (bicyclic) bond motifs is 2. The highest BCUT2D eigenvalue weighted by molar-refractivity contribution is 5.90. The first-order chi connectivity index (χ1) is 11.6. The molecular formula is C17H18N6O. The van der Waals surface area contributed by atoms with Gasteiger partial charge >= 0.3 is 0 Å². The SMILES string of the molecule is CC(=O)Nc1cccc2c1CCN(c1ncnc3c1cnn3C)C2. The van der Waals surface area contributed by atoms with Gasteiger partial charge in [-0.15, -0.1) is 0 Å². The van der Waals surface area contributed by atoms with Crippen molar-refractivity contribution in [3.63, 3.8) is 0 Å². The van der Waals surface area contributed by atoms with E-state index in [9.17, 15) is 4.79 Å². The van der Waals surface area contributed by atoms with Crippen molar-refractivity contribution < 1.29 is 4.79 Å². The summed E-state index contributed by atoms with van der Waals surface area (Å²) in [6.07, 6.45) is 4.26. The minimum absolute atomic E-state index is 0.0429. The molecule has 1 aliphatic rings. The number of anilines is 2. The molecule has 1 N–H and O–H groups in total. The smallest absolute Gasteiger partial charge is 0.221 e. The summed E-state index contributed by atoms with van der Waals surface area (Å²) in [4.78, 5) is 22.4. The summed E-state index contributed by atoms with van der Waals surface area (Å²) in [6, 6.07) is 6.04. The van der Waals surface area contributed by atoms with Crippen LogP contribution in [0.4, 0.5) is 11.5 Å². The quantitative estimate of drug-likeness (QED) is 0.779. The molecule has 1 aromatic carbocycles. The molecule has 1 aliphatic heterocycles. The Bertz CT molecular complexity index is 932. The molecule has 7 nitrogen and oxygen atoms in total. The van der Waals surface area contributed by atoms with Crippen LogP contribution in [0.2, 0.25) is 0 Å². The van der Waals surface area contributed by atoms with E-state index in [1.165, 1.54) is 18.1 Å². The van der Waals surface area contributed by atoms with Crippen LogP contribution < -0.4 is 10.2 Å². The van der Waals surface area contributed by atoms with Crippen LogP contribution in [0.25, 0.3) is 11.0 Å². The highest BCUT2D eigenvalue weighted by atomic mass is 16.1. The van der Waals surface area contributed by atoms with E-state index in [2.05, 4.69) is 31.3 Å². The molecule has 1 amide bonds. The number of carbonyl (C=O) groups is 1. The highest BCUT2D eigenvalue weighted by Gasteiger charge is 2.22. The van der Waals surface area contributed by atoms with Gasteiger partial charge in [0.05, 0.1) is 11.6 Å². The highest BCUT2D eigenvalue weighted by Crippen LogP contribution is 2.31. The standard InChI is InChI=1S/C17H18N6O/c1-11(24)21-15-5-3-4-12-9-23(7-6-13(12)15)17-14-8-20-22(2)16(14)18-10-19-17/h3-5,8,10H,6-7,9H2,1-2H3,(H,21,24). The van der Waals surface area contributed by atoms with E-state index in [1.807, 2.05) is 25.4 Å². The van der Waals surface area contributed by atoms with E-state index < -0.39 is 0 Å². The van der Waals surface area contributed by atoms with E-state index in [4.69, 9.17) is 0 Å². The van der Waals surface area contributed by atoms with Crippen molar-refractivity contribution in [3.8, 4) is 0 Å². The summed E-state index contributed by atoms with van der Waals surface area (Å²) in [5.74, 6) is 0.863. The third kappa shape index (κ3) is 2.38. The van der Waals surface area contributed by atoms with Gasteiger partial charge in [0.25, 0.3) is 0 Å². The fourth-order valence-electron chi connectivity index (χ4n) is 3.30. The molecule has 0 spiro atoms. The predicted molar refractivity (Wildman–Crippen MR) is 91.8 cm³/mol. The molecule has 0 saturated heterocycles. The Hall–Kier alpha value is -2.96. The number of nitrogens with zero attached hydrogens (tertiary/aromatic N) is 5. The predicted octanol–water partition coefficient (Wildman–Crippen LogP) is 1.88. The van der Waals surface area contributed by atoms with Crippen molar-refractivity contribution in [2.24, 2.45) is 7.05 Å². The van der Waals surface area contributed by atoms with Crippen LogP contribution in [0.1, 0.15) is 18.1 Å². The second-order valence-electron chi connectivity index (χ2n) is 6.00. The minimum Gasteiger partial charge on any atom is -0.351 e. The Morgan fingerprint density at radius 2 is 2.17 bits per heavy atom. The summed E-state index contributed by atoms with van der Waals surface area (Å²) >= 11 is 0. The van der Waals surface area contributed by atoms with Crippen molar-refractivity contribution >= 4 is 28.4 Å². The number of nitrogens with one attached hydrogen (secondary N) is 1. The number of rotatable bonds is 2. The zero-order chi connectivity index (χ0) is 16.7. The molecule has 0 bridgehead atoms. The Balaban J connectivity index is 1.70. The number of benzene rings is 1. The lowest BCUT2D eigenvalue weighted by Gasteiger charge is -2.31. The maximum Gasteiger partial charge on any atom is 0.221 e. The first-order valence-electron chi connectivity index (χ1n) is 7.89. The molecule has 0 unspecified atom stereocenters. The molecule has 122 valence electrons. The van der Waals surface area contributed by atoms with E-state index in [0.717, 1.165) is 42.0 Å². The molecule has 3 heterocycles. The topological polar surface area (TPSA) is 75.9 Å². The van der Waals surface area contributed by atoms with Crippen LogP contribution in [0.15, 0.2) is 30.7 Å². The van der Waals surface area contributed by atoms with Crippen molar-refractivity contribution in [2.45, 2.75) is 19.9 Å². The average Bonchev–Trinajstić information content (AvgIpc) is 2.96. The number of amides is 1. The third-order valence-electron chi connectivity index (χ3n) is 4.38. The van der Waals surface area contributed by atoms with Gasteiger partial charge in [-0.2, -0.15) is 5.10 Å². The van der Waals surface area contributed by atoms with Gasteiger partial charge < -0.3 is 10.2 Å². The summed E-state index contributed by atoms with van der Waals surface area (Å²) < 4.78 is 1.76. The van der Waals surface area contributed by atoms with Gasteiger partial charge in [-0.05, 0) is 23.6 Å². The van der Waals surface area contributed by atoms with Crippen molar-refractivity contribution in [2.75, 3.05) is 16.8 Å². The lowest BCUT2D eigenvalue weighted by atomic mass is 9.97. The van der Waals surface area contributed by atoms with Gasteiger partial charge in [-0.25, -0.2) is 9.97 Å². The molecule has 0 saturated carbocycles. The molecule has 4 rings (SSSR count). The Kier molecular flexibility index (Phi) is 3.41. The van der Waals surface area contributed by atoms with E-state index >= 15 is 0 Å². The van der Waals surface area contributed by atoms with Crippen molar-refractivity contribution in [1.29, 1.82) is 0 Å². The molecule has 2 aromatic heterocycles. The van der Waals surface area contributed by atoms with Crippen LogP contribution in [-0.4, -0.2) is 32.2 Å². The molecule has 24 heavy (non-hydrogen) atoms. The van der Waals surface area contributed by atoms with Gasteiger partial charge in [0, 0.05) is 32.7 Å². The molecule has 0 aliphatic carbocycles. The zero-order valence-corrected chi connectivity index (χ0v) is 13.7. The lowest BCUT2D eigenvalue weighted by molar-refractivity contribution is -0.114. The summed E-state index contributed by atoms with van der Waals surface area (Å²) in [7, 11) is 1.88. The number of aryl methyl sites for hydroxylation is 1. The lowest BCUT2D eigenvalue weighted by Crippen LogP contribution is -2.31. The van der Waals surface area contributed by atoms with E-state index in [1.54, 1.807) is 11.0 Å². The van der Waals surface area contributed by atoms with Gasteiger partial charge in [0.2, 0.25) is 5.91 Å². The van der Waals surface area contributed by atoms with Gasteiger partial charge in [-0.3, -0.25) is 9.48 Å². The Morgan fingerprint density at radius 1 is 1.29 bits per heavy atom. The first kappa shape index (κ1) is 14.6. The number of carbonyl (C=O) groups excluding carboxylic acids is 1. The van der Waals surface area contributed by atoms with Crippen LogP contribution in [-0.2, 0) is 24.8 Å². The third-order valence-corrected chi connectivity index (χ3v) is 4.38. The minimum atomic E-state index is -0.0429. The van der Waals surface area contributed by atoms with Gasteiger partial charge in [0.1, 0.15) is 12.1 Å². The maximum atomic E-state index is 11.4. The molecule has 0 atom stereocenters. The largest absolute Gasteiger partial charge is 0.351 e. The number of aromatic nitrogens is 4. The second kappa shape index (κ2) is 5.59. The number of hydrogen-bond donors (Lipinski definition) is 1. The van der Waals surface area contributed by atoms with Gasteiger partial charge in [0.15, 0.2) is 5.65 Å². The maximum absolute atomic E-state index is 11.4. The molecule has 3 aromatic rings. The van der Waals surface area contributed by atoms with E-state index in [0.29, 0.717) is 0 Å². The number of hydrogen-bond acceptors (Lipinski definition) is 5. The monoisotopic (exact) mass is 322 g/mol. The van der Waals surface area contributed by atoms with Crippen LogP contribution >= 0.6 is 0 Å². The molecule has 0 fully saturated rings. The van der Waals surface area contributed by atoms with Crippen LogP contribution in [0, 0.1) is 0 Å².